The van der Waals surface area contributed by atoms with E-state index in [1.807, 2.05) is 37.0 Å². The van der Waals surface area contributed by atoms with Crippen molar-refractivity contribution < 1.29 is 0 Å². The van der Waals surface area contributed by atoms with Gasteiger partial charge in [0.05, 0.1) is 5.56 Å². The molecule has 0 fully saturated rings. The summed E-state index contributed by atoms with van der Waals surface area (Å²) in [5.74, 6) is 0.750. The maximum absolute atomic E-state index is 8.98. The zero-order valence-electron chi connectivity index (χ0n) is 9.20. The van der Waals surface area contributed by atoms with E-state index in [2.05, 4.69) is 17.6 Å². The highest BCUT2D eigenvalue weighted by molar-refractivity contribution is 5.54. The zero-order valence-corrected chi connectivity index (χ0v) is 9.20. The standard InChI is InChI=1S/C12H15N3/c1-4-8-15(5-2)12-11(9-13)7-6-10(3)14-12/h4,6-7H,1,5,8H2,2-3H3. The van der Waals surface area contributed by atoms with Crippen molar-refractivity contribution in [1.29, 1.82) is 5.26 Å². The Kier molecular flexibility index (Phi) is 3.87. The van der Waals surface area contributed by atoms with Crippen LogP contribution in [0.25, 0.3) is 0 Å². The average molecular weight is 201 g/mol. The molecule has 0 aliphatic carbocycles. The smallest absolute Gasteiger partial charge is 0.147 e. The van der Waals surface area contributed by atoms with E-state index in [0.717, 1.165) is 18.1 Å². The van der Waals surface area contributed by atoms with Crippen molar-refractivity contribution in [2.24, 2.45) is 0 Å². The molecule has 0 aromatic carbocycles. The summed E-state index contributed by atoms with van der Waals surface area (Å²) in [7, 11) is 0. The minimum absolute atomic E-state index is 0.615. The van der Waals surface area contributed by atoms with Crippen LogP contribution in [0, 0.1) is 18.3 Å². The normalized spacial score (nSPS) is 9.40. The molecule has 3 heteroatoms. The molecule has 1 rings (SSSR count). The molecule has 0 amide bonds. The minimum atomic E-state index is 0.615. The van der Waals surface area contributed by atoms with Crippen LogP contribution in [0.15, 0.2) is 24.8 Å². The first-order valence-corrected chi connectivity index (χ1v) is 4.96. The quantitative estimate of drug-likeness (QED) is 0.701. The predicted molar refractivity (Wildman–Crippen MR) is 61.8 cm³/mol. The van der Waals surface area contributed by atoms with Gasteiger partial charge in [0.15, 0.2) is 0 Å². The molecule has 1 heterocycles. The van der Waals surface area contributed by atoms with Crippen LogP contribution in [0.4, 0.5) is 5.82 Å². The lowest BCUT2D eigenvalue weighted by atomic mass is 10.2. The molecule has 0 unspecified atom stereocenters. The third-order valence-electron chi connectivity index (χ3n) is 2.17. The fraction of sp³-hybridized carbons (Fsp3) is 0.333. The molecule has 0 atom stereocenters. The molecule has 0 bridgehead atoms. The Morgan fingerprint density at radius 3 is 2.87 bits per heavy atom. The van der Waals surface area contributed by atoms with Crippen molar-refractivity contribution in [2.45, 2.75) is 13.8 Å². The SMILES string of the molecule is C=CCN(CC)c1nc(C)ccc1C#N. The Balaban J connectivity index is 3.14. The first kappa shape index (κ1) is 11.3. The molecule has 1 aromatic rings. The van der Waals surface area contributed by atoms with E-state index in [9.17, 15) is 0 Å². The van der Waals surface area contributed by atoms with Gasteiger partial charge in [0.1, 0.15) is 11.9 Å². The number of likely N-dealkylation sites (N-methyl/N-ethyl adjacent to an activating group) is 1. The van der Waals surface area contributed by atoms with Crippen molar-refractivity contribution >= 4 is 5.82 Å². The number of pyridine rings is 1. The van der Waals surface area contributed by atoms with Crippen LogP contribution in [-0.4, -0.2) is 18.1 Å². The van der Waals surface area contributed by atoms with Gasteiger partial charge in [-0.05, 0) is 26.0 Å². The van der Waals surface area contributed by atoms with Gasteiger partial charge >= 0.3 is 0 Å². The van der Waals surface area contributed by atoms with Gasteiger partial charge in [-0.2, -0.15) is 5.26 Å². The highest BCUT2D eigenvalue weighted by Crippen LogP contribution is 2.17. The number of nitrogens with zero attached hydrogens (tertiary/aromatic N) is 3. The maximum atomic E-state index is 8.98. The van der Waals surface area contributed by atoms with Crippen molar-refractivity contribution in [2.75, 3.05) is 18.0 Å². The van der Waals surface area contributed by atoms with E-state index in [0.29, 0.717) is 12.1 Å². The number of aromatic nitrogens is 1. The third kappa shape index (κ3) is 2.57. The molecule has 0 N–H and O–H groups in total. The topological polar surface area (TPSA) is 39.9 Å². The number of nitriles is 1. The average Bonchev–Trinajstić information content (AvgIpc) is 2.26. The van der Waals surface area contributed by atoms with E-state index < -0.39 is 0 Å². The Morgan fingerprint density at radius 2 is 2.33 bits per heavy atom. The third-order valence-corrected chi connectivity index (χ3v) is 2.17. The fourth-order valence-corrected chi connectivity index (χ4v) is 1.39. The number of hydrogen-bond donors (Lipinski definition) is 0. The zero-order chi connectivity index (χ0) is 11.3. The summed E-state index contributed by atoms with van der Waals surface area (Å²) >= 11 is 0. The molecule has 0 saturated heterocycles. The van der Waals surface area contributed by atoms with E-state index >= 15 is 0 Å². The summed E-state index contributed by atoms with van der Waals surface area (Å²) in [5, 5.41) is 8.98. The van der Waals surface area contributed by atoms with Gasteiger partial charge in [-0.1, -0.05) is 6.08 Å². The van der Waals surface area contributed by atoms with Gasteiger partial charge in [-0.15, -0.1) is 6.58 Å². The van der Waals surface area contributed by atoms with E-state index in [1.165, 1.54) is 0 Å². The summed E-state index contributed by atoms with van der Waals surface area (Å²) in [6, 6.07) is 5.82. The van der Waals surface area contributed by atoms with Crippen LogP contribution in [0.1, 0.15) is 18.2 Å². The highest BCUT2D eigenvalue weighted by atomic mass is 15.2. The van der Waals surface area contributed by atoms with Gasteiger partial charge in [-0.25, -0.2) is 4.98 Å². The summed E-state index contributed by atoms with van der Waals surface area (Å²) in [6.45, 7) is 9.19. The summed E-state index contributed by atoms with van der Waals surface area (Å²) in [6.07, 6.45) is 1.81. The molecule has 3 nitrogen and oxygen atoms in total. The highest BCUT2D eigenvalue weighted by Gasteiger charge is 2.09. The van der Waals surface area contributed by atoms with Gasteiger partial charge in [0.2, 0.25) is 0 Å². The van der Waals surface area contributed by atoms with Gasteiger partial charge in [-0.3, -0.25) is 0 Å². The summed E-state index contributed by atoms with van der Waals surface area (Å²) in [5.41, 5.74) is 1.54. The van der Waals surface area contributed by atoms with Crippen LogP contribution in [-0.2, 0) is 0 Å². The largest absolute Gasteiger partial charge is 0.352 e. The lowest BCUT2D eigenvalue weighted by Crippen LogP contribution is -2.24. The molecule has 1 aromatic heterocycles. The molecule has 0 aliphatic heterocycles. The molecule has 0 aliphatic rings. The first-order chi connectivity index (χ1) is 7.22. The van der Waals surface area contributed by atoms with Gasteiger partial charge < -0.3 is 4.90 Å². The summed E-state index contributed by atoms with van der Waals surface area (Å²) < 4.78 is 0. The fourth-order valence-electron chi connectivity index (χ4n) is 1.39. The van der Waals surface area contributed by atoms with Crippen molar-refractivity contribution in [3.63, 3.8) is 0 Å². The second-order valence-corrected chi connectivity index (χ2v) is 3.26. The van der Waals surface area contributed by atoms with E-state index in [-0.39, 0.29) is 0 Å². The first-order valence-electron chi connectivity index (χ1n) is 4.96. The van der Waals surface area contributed by atoms with Crippen LogP contribution >= 0.6 is 0 Å². The Bertz CT molecular complexity index is 390. The van der Waals surface area contributed by atoms with Crippen molar-refractivity contribution in [3.8, 4) is 6.07 Å². The van der Waals surface area contributed by atoms with Crippen LogP contribution in [0.5, 0.6) is 0 Å². The lowest BCUT2D eigenvalue weighted by molar-refractivity contribution is 0.875. The van der Waals surface area contributed by atoms with E-state index in [4.69, 9.17) is 5.26 Å². The van der Waals surface area contributed by atoms with Crippen LogP contribution in [0.3, 0.4) is 0 Å². The summed E-state index contributed by atoms with van der Waals surface area (Å²) in [4.78, 5) is 6.42. The van der Waals surface area contributed by atoms with Crippen molar-refractivity contribution in [3.05, 3.63) is 36.0 Å². The molecule has 0 saturated carbocycles. The minimum Gasteiger partial charge on any atom is -0.352 e. The molecular weight excluding hydrogens is 186 g/mol. The predicted octanol–water partition coefficient (Wildman–Crippen LogP) is 2.27. The number of rotatable bonds is 4. The lowest BCUT2D eigenvalue weighted by Gasteiger charge is -2.21. The molecule has 0 radical (unpaired) electrons. The van der Waals surface area contributed by atoms with Crippen LogP contribution < -0.4 is 4.90 Å². The molecule has 0 spiro atoms. The molecule has 78 valence electrons. The second kappa shape index (κ2) is 5.16. The molecular formula is C12H15N3. The van der Waals surface area contributed by atoms with Gasteiger partial charge in [0, 0.05) is 18.8 Å². The van der Waals surface area contributed by atoms with Gasteiger partial charge in [0.25, 0.3) is 0 Å². The number of hydrogen-bond acceptors (Lipinski definition) is 3. The van der Waals surface area contributed by atoms with E-state index in [1.54, 1.807) is 0 Å². The van der Waals surface area contributed by atoms with Crippen molar-refractivity contribution in [1.82, 2.24) is 4.98 Å². The van der Waals surface area contributed by atoms with Crippen LogP contribution in [0.2, 0.25) is 0 Å². The number of anilines is 1. The monoisotopic (exact) mass is 201 g/mol. The Labute approximate surface area is 90.7 Å². The second-order valence-electron chi connectivity index (χ2n) is 3.26. The Morgan fingerprint density at radius 1 is 1.60 bits per heavy atom. The molecule has 15 heavy (non-hydrogen) atoms. The Hall–Kier alpha value is -1.82. The number of aryl methyl sites for hydroxylation is 1. The maximum Gasteiger partial charge on any atom is 0.147 e.